The highest BCUT2D eigenvalue weighted by molar-refractivity contribution is 5.84. The van der Waals surface area contributed by atoms with Crippen molar-refractivity contribution >= 4 is 11.9 Å². The number of halogens is 3. The molecule has 4 rings (SSSR count). The van der Waals surface area contributed by atoms with Crippen molar-refractivity contribution in [1.82, 2.24) is 15.1 Å². The summed E-state index contributed by atoms with van der Waals surface area (Å²) in [5.41, 5.74) is 3.28. The van der Waals surface area contributed by atoms with Gasteiger partial charge in [-0.2, -0.15) is 18.3 Å². The first-order chi connectivity index (χ1) is 14.6. The zero-order chi connectivity index (χ0) is 22.6. The summed E-state index contributed by atoms with van der Waals surface area (Å²) in [5, 5.41) is 14.9. The molecule has 1 aromatic heterocycles. The van der Waals surface area contributed by atoms with Gasteiger partial charge in [0.05, 0.1) is 18.8 Å². The van der Waals surface area contributed by atoms with Crippen molar-refractivity contribution in [2.45, 2.75) is 45.0 Å². The maximum absolute atomic E-state index is 12.1. The zero-order valence-corrected chi connectivity index (χ0v) is 17.0. The predicted octanol–water partition coefficient (Wildman–Crippen LogP) is 3.09. The van der Waals surface area contributed by atoms with Crippen molar-refractivity contribution in [3.05, 3.63) is 53.3 Å². The Kier molecular flexibility index (Phi) is 6.68. The number of alkyl halides is 3. The maximum atomic E-state index is 12.1. The van der Waals surface area contributed by atoms with Gasteiger partial charge < -0.3 is 15.2 Å². The lowest BCUT2D eigenvalue weighted by Crippen LogP contribution is -2.35. The van der Waals surface area contributed by atoms with Gasteiger partial charge in [0.25, 0.3) is 0 Å². The van der Waals surface area contributed by atoms with Crippen molar-refractivity contribution in [3.8, 4) is 0 Å². The number of nitrogens with zero attached hydrogens (tertiary/aromatic N) is 2. The number of hydrogen-bond donors (Lipinski definition) is 2. The quantitative estimate of drug-likeness (QED) is 0.747. The molecule has 7 nitrogen and oxygen atoms in total. The first-order valence-corrected chi connectivity index (χ1v) is 9.89. The van der Waals surface area contributed by atoms with Gasteiger partial charge in [-0.3, -0.25) is 9.48 Å². The summed E-state index contributed by atoms with van der Waals surface area (Å²) in [7, 11) is 0. The van der Waals surface area contributed by atoms with Crippen LogP contribution in [0, 0.1) is 5.41 Å². The smallest absolute Gasteiger partial charge is 0.475 e. The molecular weight excluding hydrogens is 415 g/mol. The topological polar surface area (TPSA) is 93.5 Å². The fraction of sp³-hybridized carbons (Fsp3) is 0.476. The highest BCUT2D eigenvalue weighted by Gasteiger charge is 2.45. The van der Waals surface area contributed by atoms with Gasteiger partial charge in [-0.05, 0) is 30.4 Å². The molecule has 1 aliphatic heterocycles. The fourth-order valence-electron chi connectivity index (χ4n) is 3.15. The Labute approximate surface area is 177 Å². The van der Waals surface area contributed by atoms with Gasteiger partial charge in [0.1, 0.15) is 6.10 Å². The summed E-state index contributed by atoms with van der Waals surface area (Å²) in [6.45, 7) is 3.96. The Balaban J connectivity index is 0.000000339. The van der Waals surface area contributed by atoms with Gasteiger partial charge in [0.2, 0.25) is 5.91 Å². The van der Waals surface area contributed by atoms with Crippen molar-refractivity contribution in [1.29, 1.82) is 0 Å². The number of hydrogen-bond acceptors (Lipinski definition) is 4. The number of carboxylic acid groups (broad SMARTS) is 1. The molecule has 168 valence electrons. The average molecular weight is 439 g/mol. The van der Waals surface area contributed by atoms with Crippen molar-refractivity contribution < 1.29 is 32.6 Å². The number of carboxylic acids is 1. The second-order valence-corrected chi connectivity index (χ2v) is 7.91. The van der Waals surface area contributed by atoms with E-state index in [4.69, 9.17) is 19.7 Å². The largest absolute Gasteiger partial charge is 0.490 e. The Hall–Kier alpha value is -2.88. The molecule has 2 N–H and O–H groups in total. The Morgan fingerprint density at radius 1 is 1.29 bits per heavy atom. The van der Waals surface area contributed by atoms with Crippen LogP contribution in [0.1, 0.15) is 42.7 Å². The molecule has 0 saturated heterocycles. The summed E-state index contributed by atoms with van der Waals surface area (Å²) in [6, 6.07) is 10.3. The molecule has 1 aromatic carbocycles. The lowest BCUT2D eigenvalue weighted by molar-refractivity contribution is -0.192. The molecule has 1 aliphatic carbocycles. The monoisotopic (exact) mass is 439 g/mol. The van der Waals surface area contributed by atoms with Gasteiger partial charge in [0, 0.05) is 18.2 Å². The fourth-order valence-corrected chi connectivity index (χ4v) is 3.15. The predicted molar refractivity (Wildman–Crippen MR) is 104 cm³/mol. The standard InChI is InChI=1S/C19H23N3O2.C2HF3O2/c1-19(8-9-19)18(23)20-11-16-17-15(7-10-24-16)13-22(21-17)12-14-5-3-2-4-6-14;3-2(4,5)1(6)7/h2-6,13,16H,7-12H2,1H3,(H,20,23);(H,6,7). The van der Waals surface area contributed by atoms with Crippen molar-refractivity contribution in [3.63, 3.8) is 0 Å². The Morgan fingerprint density at radius 3 is 2.52 bits per heavy atom. The molecule has 1 amide bonds. The van der Waals surface area contributed by atoms with E-state index in [1.54, 1.807) is 0 Å². The second kappa shape index (κ2) is 9.09. The summed E-state index contributed by atoms with van der Waals surface area (Å²) in [5.74, 6) is -2.62. The number of fused-ring (bicyclic) bond motifs is 1. The molecule has 2 aliphatic rings. The normalized spacial score (nSPS) is 18.9. The SMILES string of the molecule is CC1(C(=O)NCC2OCCc3cn(Cc4ccccc4)nc32)CC1.O=C(O)C(F)(F)F. The van der Waals surface area contributed by atoms with Crippen LogP contribution in [0.4, 0.5) is 13.2 Å². The highest BCUT2D eigenvalue weighted by atomic mass is 19.4. The number of benzene rings is 1. The summed E-state index contributed by atoms with van der Waals surface area (Å²) < 4.78 is 39.6. The molecule has 1 atom stereocenters. The van der Waals surface area contributed by atoms with E-state index < -0.39 is 12.1 Å². The van der Waals surface area contributed by atoms with Crippen LogP contribution >= 0.6 is 0 Å². The summed E-state index contributed by atoms with van der Waals surface area (Å²) in [4.78, 5) is 21.0. The molecule has 0 bridgehead atoms. The third kappa shape index (κ3) is 6.06. The lowest BCUT2D eigenvalue weighted by atomic mass is 10.1. The van der Waals surface area contributed by atoms with Crippen LogP contribution in [0.5, 0.6) is 0 Å². The van der Waals surface area contributed by atoms with E-state index in [-0.39, 0.29) is 17.4 Å². The Bertz CT molecular complexity index is 924. The van der Waals surface area contributed by atoms with Gasteiger partial charge in [0.15, 0.2) is 0 Å². The minimum atomic E-state index is -5.08. The molecular formula is C21H24F3N3O4. The molecule has 2 heterocycles. The van der Waals surface area contributed by atoms with E-state index >= 15 is 0 Å². The number of nitrogens with one attached hydrogen (secondary N) is 1. The number of amides is 1. The van der Waals surface area contributed by atoms with Crippen LogP contribution in [0.15, 0.2) is 36.5 Å². The molecule has 0 spiro atoms. The van der Waals surface area contributed by atoms with Crippen LogP contribution in [0.3, 0.4) is 0 Å². The number of aliphatic carboxylic acids is 1. The van der Waals surface area contributed by atoms with Gasteiger partial charge in [-0.25, -0.2) is 4.79 Å². The summed E-state index contributed by atoms with van der Waals surface area (Å²) in [6.07, 6.45) is -0.256. The second-order valence-electron chi connectivity index (χ2n) is 7.91. The van der Waals surface area contributed by atoms with Gasteiger partial charge in [-0.1, -0.05) is 37.3 Å². The third-order valence-corrected chi connectivity index (χ3v) is 5.29. The van der Waals surface area contributed by atoms with Gasteiger partial charge in [-0.15, -0.1) is 0 Å². The molecule has 31 heavy (non-hydrogen) atoms. The Morgan fingerprint density at radius 2 is 1.94 bits per heavy atom. The summed E-state index contributed by atoms with van der Waals surface area (Å²) >= 11 is 0. The number of carbonyl (C=O) groups is 2. The van der Waals surface area contributed by atoms with E-state index in [9.17, 15) is 18.0 Å². The number of aromatic nitrogens is 2. The van der Waals surface area contributed by atoms with Crippen LogP contribution in [0.25, 0.3) is 0 Å². The third-order valence-electron chi connectivity index (χ3n) is 5.29. The molecule has 1 saturated carbocycles. The number of ether oxygens (including phenoxy) is 1. The lowest BCUT2D eigenvalue weighted by Gasteiger charge is -2.23. The first kappa shape index (κ1) is 22.8. The van der Waals surface area contributed by atoms with Crippen molar-refractivity contribution in [2.24, 2.45) is 5.41 Å². The van der Waals surface area contributed by atoms with E-state index in [2.05, 4.69) is 23.6 Å². The van der Waals surface area contributed by atoms with Crippen LogP contribution in [-0.4, -0.2) is 46.1 Å². The average Bonchev–Trinajstić information content (AvgIpc) is 3.33. The number of rotatable bonds is 5. The van der Waals surface area contributed by atoms with Crippen molar-refractivity contribution in [2.75, 3.05) is 13.2 Å². The molecule has 1 fully saturated rings. The molecule has 10 heteroatoms. The first-order valence-electron chi connectivity index (χ1n) is 9.89. The maximum Gasteiger partial charge on any atom is 0.490 e. The van der Waals surface area contributed by atoms with E-state index in [1.807, 2.05) is 29.8 Å². The van der Waals surface area contributed by atoms with Crippen LogP contribution in [-0.2, 0) is 27.3 Å². The minimum absolute atomic E-state index is 0.141. The molecule has 2 aromatic rings. The zero-order valence-electron chi connectivity index (χ0n) is 17.0. The van der Waals surface area contributed by atoms with E-state index in [0.717, 1.165) is 31.5 Å². The van der Waals surface area contributed by atoms with Crippen LogP contribution < -0.4 is 5.32 Å². The highest BCUT2D eigenvalue weighted by Crippen LogP contribution is 2.45. The minimum Gasteiger partial charge on any atom is -0.475 e. The number of carbonyl (C=O) groups excluding carboxylic acids is 1. The van der Waals surface area contributed by atoms with E-state index in [0.29, 0.717) is 13.2 Å². The van der Waals surface area contributed by atoms with Gasteiger partial charge >= 0.3 is 12.1 Å². The molecule has 0 radical (unpaired) electrons. The van der Waals surface area contributed by atoms with Crippen LogP contribution in [0.2, 0.25) is 0 Å². The molecule has 1 unspecified atom stereocenters. The van der Waals surface area contributed by atoms with E-state index in [1.165, 1.54) is 11.1 Å².